The number of aryl methyl sites for hydroxylation is 2. The molecule has 1 aliphatic carbocycles. The van der Waals surface area contributed by atoms with Gasteiger partial charge in [-0.3, -0.25) is 4.79 Å². The number of furan rings is 1. The summed E-state index contributed by atoms with van der Waals surface area (Å²) in [5.41, 5.74) is 3.47. The van der Waals surface area contributed by atoms with Crippen LogP contribution in [0.2, 0.25) is 0 Å². The number of cyclic esters (lactones) is 1. The standard InChI is InChI=1S/C40H48O6/c1-26(2)19-31(20-27(3)4)13-15-32-22-40(24-41,46-37(32)42)25-44-38(43)39(6)18-17-33-34-21-30(14-16-35(34)45-36(33)23-39)12-11-29-9-7-28(5)8-10-29/h7-10,14-16,21,26-27,31,41H,13,17-20,22-25H2,1-6H3/b32-15+/t39-,40-/m1/s1. The number of aliphatic hydroxyl groups is 1. The SMILES string of the molecule is Cc1ccc(C#Cc2ccc3oc4c(c3c2)CC[C@@](C)(C(=O)OC[C@]2(CO)C/C(=C\CC(CC(C)C)CC(C)C)C(=O)O2)C4)cc1. The van der Waals surface area contributed by atoms with Crippen LogP contribution in [0, 0.1) is 41.9 Å². The lowest BCUT2D eigenvalue weighted by atomic mass is 9.75. The van der Waals surface area contributed by atoms with Crippen molar-refractivity contribution in [3.05, 3.63) is 82.1 Å². The van der Waals surface area contributed by atoms with Gasteiger partial charge in [0.15, 0.2) is 5.60 Å². The van der Waals surface area contributed by atoms with Gasteiger partial charge in [0.05, 0.1) is 12.0 Å². The number of allylic oxidation sites excluding steroid dienone is 1. The van der Waals surface area contributed by atoms with Crippen LogP contribution in [0.15, 0.2) is 58.5 Å². The Labute approximate surface area is 273 Å². The maximum atomic E-state index is 13.5. The molecule has 1 aromatic heterocycles. The highest BCUT2D eigenvalue weighted by molar-refractivity contribution is 5.91. The summed E-state index contributed by atoms with van der Waals surface area (Å²) in [4.78, 5) is 26.3. The maximum absolute atomic E-state index is 13.5. The number of hydrogen-bond acceptors (Lipinski definition) is 6. The Bertz CT molecular complexity index is 1650. The van der Waals surface area contributed by atoms with E-state index in [4.69, 9.17) is 13.9 Å². The van der Waals surface area contributed by atoms with Crippen molar-refractivity contribution in [2.24, 2.45) is 23.2 Å². The highest BCUT2D eigenvalue weighted by atomic mass is 16.6. The number of esters is 2. The van der Waals surface area contributed by atoms with Gasteiger partial charge in [-0.25, -0.2) is 4.79 Å². The van der Waals surface area contributed by atoms with Crippen LogP contribution in [0.3, 0.4) is 0 Å². The molecule has 1 saturated heterocycles. The fraction of sp³-hybridized carbons (Fsp3) is 0.500. The smallest absolute Gasteiger partial charge is 0.334 e. The number of hydrogen-bond donors (Lipinski definition) is 1. The van der Waals surface area contributed by atoms with Crippen molar-refractivity contribution < 1.29 is 28.6 Å². The molecule has 2 heterocycles. The van der Waals surface area contributed by atoms with Gasteiger partial charge in [0.1, 0.15) is 18.0 Å². The molecule has 0 amide bonds. The summed E-state index contributed by atoms with van der Waals surface area (Å²) in [6.45, 7) is 12.2. The number of benzene rings is 2. The predicted molar refractivity (Wildman–Crippen MR) is 180 cm³/mol. The van der Waals surface area contributed by atoms with Crippen molar-refractivity contribution in [2.45, 2.75) is 92.1 Å². The van der Waals surface area contributed by atoms with Gasteiger partial charge in [-0.15, -0.1) is 0 Å². The average molecular weight is 625 g/mol. The van der Waals surface area contributed by atoms with Gasteiger partial charge in [-0.05, 0) is 94.0 Å². The Hall–Kier alpha value is -3.82. The van der Waals surface area contributed by atoms with Gasteiger partial charge in [-0.2, -0.15) is 0 Å². The summed E-state index contributed by atoms with van der Waals surface area (Å²) in [5.74, 6) is 8.11. The number of carbonyl (C=O) groups is 2. The zero-order valence-corrected chi connectivity index (χ0v) is 28.2. The molecule has 2 atom stereocenters. The van der Waals surface area contributed by atoms with Crippen LogP contribution in [0.25, 0.3) is 11.0 Å². The van der Waals surface area contributed by atoms with E-state index in [2.05, 4.69) is 64.7 Å². The van der Waals surface area contributed by atoms with Crippen molar-refractivity contribution in [1.29, 1.82) is 0 Å². The van der Waals surface area contributed by atoms with Gasteiger partial charge >= 0.3 is 11.9 Å². The topological polar surface area (TPSA) is 86.0 Å². The summed E-state index contributed by atoms with van der Waals surface area (Å²) in [6, 6.07) is 14.1. The van der Waals surface area contributed by atoms with Crippen molar-refractivity contribution in [1.82, 2.24) is 0 Å². The average Bonchev–Trinajstić information content (AvgIpc) is 3.53. The lowest BCUT2D eigenvalue weighted by molar-refractivity contribution is -0.173. The maximum Gasteiger partial charge on any atom is 0.334 e. The molecular formula is C40H48O6. The first-order chi connectivity index (χ1) is 21.9. The number of carbonyl (C=O) groups excluding carboxylic acids is 2. The number of aliphatic hydroxyl groups excluding tert-OH is 1. The van der Waals surface area contributed by atoms with Crippen LogP contribution in [-0.4, -0.2) is 35.9 Å². The molecule has 1 fully saturated rings. The molecule has 2 aliphatic rings. The molecule has 46 heavy (non-hydrogen) atoms. The van der Waals surface area contributed by atoms with Crippen molar-refractivity contribution in [3.63, 3.8) is 0 Å². The summed E-state index contributed by atoms with van der Waals surface area (Å²) < 4.78 is 17.7. The minimum atomic E-state index is -1.25. The van der Waals surface area contributed by atoms with E-state index < -0.39 is 23.6 Å². The van der Waals surface area contributed by atoms with E-state index in [1.165, 1.54) is 5.56 Å². The monoisotopic (exact) mass is 624 g/mol. The third-order valence-corrected chi connectivity index (χ3v) is 9.39. The molecule has 6 heteroatoms. The lowest BCUT2D eigenvalue weighted by Gasteiger charge is -2.32. The first-order valence-corrected chi connectivity index (χ1v) is 16.7. The Morgan fingerprint density at radius 3 is 2.37 bits per heavy atom. The molecular weight excluding hydrogens is 576 g/mol. The molecule has 0 radical (unpaired) electrons. The highest BCUT2D eigenvalue weighted by Crippen LogP contribution is 2.42. The highest BCUT2D eigenvalue weighted by Gasteiger charge is 2.47. The summed E-state index contributed by atoms with van der Waals surface area (Å²) >= 11 is 0. The second-order valence-corrected chi connectivity index (χ2v) is 14.6. The van der Waals surface area contributed by atoms with Crippen LogP contribution >= 0.6 is 0 Å². The second-order valence-electron chi connectivity index (χ2n) is 14.6. The molecule has 0 saturated carbocycles. The molecule has 1 aliphatic heterocycles. The van der Waals surface area contributed by atoms with E-state index in [1.807, 2.05) is 37.3 Å². The Morgan fingerprint density at radius 2 is 1.70 bits per heavy atom. The third kappa shape index (κ3) is 7.76. The van der Waals surface area contributed by atoms with E-state index in [-0.39, 0.29) is 19.0 Å². The molecule has 2 aromatic carbocycles. The van der Waals surface area contributed by atoms with Gasteiger partial charge in [0.25, 0.3) is 0 Å². The zero-order chi connectivity index (χ0) is 33.1. The van der Waals surface area contributed by atoms with Gasteiger partial charge < -0.3 is 19.0 Å². The molecule has 0 spiro atoms. The van der Waals surface area contributed by atoms with Gasteiger partial charge in [-0.1, -0.05) is 63.3 Å². The zero-order valence-electron chi connectivity index (χ0n) is 28.2. The molecule has 1 N–H and O–H groups in total. The first-order valence-electron chi connectivity index (χ1n) is 16.7. The van der Waals surface area contributed by atoms with E-state index in [0.717, 1.165) is 52.7 Å². The van der Waals surface area contributed by atoms with Crippen molar-refractivity contribution in [3.8, 4) is 11.8 Å². The molecule has 5 rings (SSSR count). The van der Waals surface area contributed by atoms with E-state index in [0.29, 0.717) is 42.6 Å². The van der Waals surface area contributed by atoms with Crippen LogP contribution in [-0.2, 0) is 31.9 Å². The van der Waals surface area contributed by atoms with Crippen LogP contribution < -0.4 is 0 Å². The number of ether oxygens (including phenoxy) is 2. The first kappa shape index (κ1) is 33.5. The molecule has 0 unspecified atom stereocenters. The van der Waals surface area contributed by atoms with E-state index >= 15 is 0 Å². The normalized spacial score (nSPS) is 22.0. The summed E-state index contributed by atoms with van der Waals surface area (Å²) in [7, 11) is 0. The Balaban J connectivity index is 1.24. The minimum Gasteiger partial charge on any atom is -0.461 e. The third-order valence-electron chi connectivity index (χ3n) is 9.39. The van der Waals surface area contributed by atoms with Crippen molar-refractivity contribution in [2.75, 3.05) is 13.2 Å². The fourth-order valence-corrected chi connectivity index (χ4v) is 6.88. The molecule has 3 aromatic rings. The van der Waals surface area contributed by atoms with Crippen molar-refractivity contribution >= 4 is 22.9 Å². The predicted octanol–water partition coefficient (Wildman–Crippen LogP) is 7.88. The second kappa shape index (κ2) is 13.9. The number of rotatable bonds is 10. The summed E-state index contributed by atoms with van der Waals surface area (Å²) in [5, 5.41) is 11.3. The lowest BCUT2D eigenvalue weighted by Crippen LogP contribution is -2.43. The van der Waals surface area contributed by atoms with E-state index in [9.17, 15) is 14.7 Å². The van der Waals surface area contributed by atoms with E-state index in [1.54, 1.807) is 0 Å². The number of fused-ring (bicyclic) bond motifs is 3. The summed E-state index contributed by atoms with van der Waals surface area (Å²) in [6.07, 6.45) is 6.85. The van der Waals surface area contributed by atoms with Crippen LogP contribution in [0.1, 0.15) is 94.7 Å². The Morgan fingerprint density at radius 1 is 1.02 bits per heavy atom. The molecule has 244 valence electrons. The quantitative estimate of drug-likeness (QED) is 0.140. The molecule has 0 bridgehead atoms. The van der Waals surface area contributed by atoms with Gasteiger partial charge in [0, 0.05) is 40.5 Å². The minimum absolute atomic E-state index is 0.182. The van der Waals surface area contributed by atoms with Gasteiger partial charge in [0.2, 0.25) is 0 Å². The van der Waals surface area contributed by atoms with Crippen LogP contribution in [0.4, 0.5) is 0 Å². The largest absolute Gasteiger partial charge is 0.461 e. The van der Waals surface area contributed by atoms with Crippen LogP contribution in [0.5, 0.6) is 0 Å². The fourth-order valence-electron chi connectivity index (χ4n) is 6.88. The Kier molecular flexibility index (Phi) is 10.1. The molecule has 6 nitrogen and oxygen atoms in total.